The molecule has 0 spiro atoms. The Kier molecular flexibility index (Phi) is 4.57. The van der Waals surface area contributed by atoms with E-state index in [-0.39, 0.29) is 0 Å². The van der Waals surface area contributed by atoms with Gasteiger partial charge >= 0.3 is 0 Å². The number of hydrogen-bond donors (Lipinski definition) is 0. The molecule has 5 aromatic rings. The van der Waals surface area contributed by atoms with Crippen LogP contribution in [0.25, 0.3) is 0 Å². The van der Waals surface area contributed by atoms with Crippen LogP contribution in [0.15, 0.2) is 120 Å². The summed E-state index contributed by atoms with van der Waals surface area (Å²) < 4.78 is 13.4. The summed E-state index contributed by atoms with van der Waals surface area (Å²) >= 11 is 3.79. The van der Waals surface area contributed by atoms with Crippen LogP contribution in [0.1, 0.15) is 0 Å². The molecule has 168 valence electrons. The molecule has 5 heteroatoms. The molecule has 2 aliphatic heterocycles. The zero-order chi connectivity index (χ0) is 23.4. The Labute approximate surface area is 211 Å². The van der Waals surface area contributed by atoms with Crippen molar-refractivity contribution in [3.05, 3.63) is 120 Å². The van der Waals surface area contributed by atoms with Gasteiger partial charge in [-0.15, -0.1) is 0 Å². The highest BCUT2D eigenvalue weighted by atomic mass is 79.9. The Morgan fingerprint density at radius 3 is 1.09 bits per heavy atom. The van der Waals surface area contributed by atoms with Crippen molar-refractivity contribution >= 4 is 50.1 Å². The second kappa shape index (κ2) is 7.93. The predicted octanol–water partition coefficient (Wildman–Crippen LogP) is 9.60. The highest BCUT2D eigenvalue weighted by Gasteiger charge is 2.29. The largest absolute Gasteiger partial charge is 0.453 e. The lowest BCUT2D eigenvalue weighted by atomic mass is 10.1. The summed E-state index contributed by atoms with van der Waals surface area (Å²) in [5.74, 6) is 3.31. The predicted molar refractivity (Wildman–Crippen MR) is 144 cm³/mol. The fourth-order valence-corrected chi connectivity index (χ4v) is 5.25. The normalized spacial score (nSPS) is 13.1. The van der Waals surface area contributed by atoms with Gasteiger partial charge in [-0.2, -0.15) is 0 Å². The number of fused-ring (bicyclic) bond motifs is 4. The third-order valence-electron chi connectivity index (χ3n) is 6.25. The van der Waals surface area contributed by atoms with Crippen LogP contribution in [0.5, 0.6) is 23.0 Å². The molecule has 7 rings (SSSR count). The van der Waals surface area contributed by atoms with Crippen LogP contribution in [0.2, 0.25) is 0 Å². The van der Waals surface area contributed by atoms with Crippen LogP contribution in [-0.2, 0) is 0 Å². The van der Waals surface area contributed by atoms with Crippen molar-refractivity contribution in [1.29, 1.82) is 0 Å². The van der Waals surface area contributed by atoms with Crippen molar-refractivity contribution in [2.75, 3.05) is 9.80 Å². The average Bonchev–Trinajstić information content (AvgIpc) is 2.90. The van der Waals surface area contributed by atoms with E-state index in [0.717, 1.165) is 61.6 Å². The van der Waals surface area contributed by atoms with Crippen molar-refractivity contribution in [1.82, 2.24) is 0 Å². The molecule has 0 atom stereocenters. The van der Waals surface area contributed by atoms with Crippen LogP contribution in [0, 0.1) is 0 Å². The molecular formula is C30H19BrN2O2. The Balaban J connectivity index is 1.45. The molecule has 0 saturated heterocycles. The Hall–Kier alpha value is -4.22. The van der Waals surface area contributed by atoms with Crippen LogP contribution in [-0.4, -0.2) is 0 Å². The lowest BCUT2D eigenvalue weighted by Crippen LogP contribution is -2.18. The van der Waals surface area contributed by atoms with Crippen LogP contribution in [0.4, 0.5) is 34.1 Å². The van der Waals surface area contributed by atoms with Crippen LogP contribution in [0.3, 0.4) is 0 Å². The lowest BCUT2D eigenvalue weighted by molar-refractivity contribution is 0.477. The minimum atomic E-state index is 0.829. The van der Waals surface area contributed by atoms with Crippen molar-refractivity contribution in [2.45, 2.75) is 0 Å². The van der Waals surface area contributed by atoms with Gasteiger partial charge < -0.3 is 19.3 Å². The van der Waals surface area contributed by atoms with E-state index in [9.17, 15) is 0 Å². The van der Waals surface area contributed by atoms with Crippen molar-refractivity contribution in [3.8, 4) is 23.0 Å². The first kappa shape index (κ1) is 20.2. The summed E-state index contributed by atoms with van der Waals surface area (Å²) in [7, 11) is 0. The highest BCUT2D eigenvalue weighted by Crippen LogP contribution is 2.54. The molecule has 0 amide bonds. The third kappa shape index (κ3) is 3.27. The maximum absolute atomic E-state index is 6.22. The molecule has 2 aliphatic rings. The zero-order valence-corrected chi connectivity index (χ0v) is 20.1. The molecular weight excluding hydrogens is 500 g/mol. The van der Waals surface area contributed by atoms with Gasteiger partial charge in [-0.25, -0.2) is 0 Å². The van der Waals surface area contributed by atoms with E-state index in [1.165, 1.54) is 0 Å². The van der Waals surface area contributed by atoms with Crippen molar-refractivity contribution in [2.24, 2.45) is 0 Å². The molecule has 0 saturated carbocycles. The zero-order valence-electron chi connectivity index (χ0n) is 18.6. The van der Waals surface area contributed by atoms with E-state index < -0.39 is 0 Å². The number of rotatable bonds is 2. The lowest BCUT2D eigenvalue weighted by Gasteiger charge is -2.35. The average molecular weight is 519 g/mol. The smallest absolute Gasteiger partial charge is 0.151 e. The van der Waals surface area contributed by atoms with Gasteiger partial charge in [0.2, 0.25) is 0 Å². The summed E-state index contributed by atoms with van der Waals surface area (Å²) in [5, 5.41) is 0. The maximum atomic E-state index is 6.22. The molecule has 0 radical (unpaired) electrons. The molecule has 4 nitrogen and oxygen atoms in total. The third-order valence-corrected chi connectivity index (χ3v) is 6.71. The fourth-order valence-electron chi connectivity index (χ4n) is 4.78. The van der Waals surface area contributed by atoms with Crippen molar-refractivity contribution in [3.63, 3.8) is 0 Å². The van der Waals surface area contributed by atoms with E-state index in [1.807, 2.05) is 72.8 Å². The highest BCUT2D eigenvalue weighted by molar-refractivity contribution is 9.10. The number of para-hydroxylation sites is 8. The quantitative estimate of drug-likeness (QED) is 0.227. The molecule has 0 fully saturated rings. The van der Waals surface area contributed by atoms with Gasteiger partial charge in [-0.1, -0.05) is 64.5 Å². The summed E-state index contributed by atoms with van der Waals surface area (Å²) in [6.45, 7) is 0. The molecule has 0 aliphatic carbocycles. The van der Waals surface area contributed by atoms with Gasteiger partial charge in [0.25, 0.3) is 0 Å². The van der Waals surface area contributed by atoms with E-state index in [2.05, 4.69) is 68.2 Å². The monoisotopic (exact) mass is 518 g/mol. The number of hydrogen-bond acceptors (Lipinski definition) is 4. The molecule has 0 aromatic heterocycles. The van der Waals surface area contributed by atoms with Gasteiger partial charge in [0, 0.05) is 15.8 Å². The summed E-state index contributed by atoms with van der Waals surface area (Å²) in [4.78, 5) is 4.50. The Bertz CT molecular complexity index is 1390. The minimum Gasteiger partial charge on any atom is -0.453 e. The van der Waals surface area contributed by atoms with E-state index in [1.54, 1.807) is 0 Å². The van der Waals surface area contributed by atoms with Crippen LogP contribution < -0.4 is 19.3 Å². The van der Waals surface area contributed by atoms with Gasteiger partial charge in [0.15, 0.2) is 23.0 Å². The number of ether oxygens (including phenoxy) is 2. The maximum Gasteiger partial charge on any atom is 0.151 e. The number of nitrogens with zero attached hydrogens (tertiary/aromatic N) is 2. The molecule has 0 N–H and O–H groups in total. The SMILES string of the molecule is Brc1cc(N2c3ccccc3Oc3ccccc32)cc(N2c3ccccc3Oc3ccccc32)c1. The fraction of sp³-hybridized carbons (Fsp3) is 0. The molecule has 0 unspecified atom stereocenters. The first-order valence-electron chi connectivity index (χ1n) is 11.4. The summed E-state index contributed by atoms with van der Waals surface area (Å²) in [5.41, 5.74) is 6.05. The van der Waals surface area contributed by atoms with E-state index in [4.69, 9.17) is 9.47 Å². The second-order valence-corrected chi connectivity index (χ2v) is 9.33. The summed E-state index contributed by atoms with van der Waals surface area (Å²) in [6, 6.07) is 39.0. The Morgan fingerprint density at radius 1 is 0.429 bits per heavy atom. The first-order valence-corrected chi connectivity index (χ1v) is 12.2. The molecule has 35 heavy (non-hydrogen) atoms. The molecule has 0 bridgehead atoms. The topological polar surface area (TPSA) is 24.9 Å². The first-order chi connectivity index (χ1) is 17.3. The number of benzene rings is 5. The van der Waals surface area contributed by atoms with E-state index in [0.29, 0.717) is 0 Å². The minimum absolute atomic E-state index is 0.829. The number of halogens is 1. The number of anilines is 6. The van der Waals surface area contributed by atoms with Gasteiger partial charge in [0.1, 0.15) is 0 Å². The Morgan fingerprint density at radius 2 is 0.743 bits per heavy atom. The van der Waals surface area contributed by atoms with Gasteiger partial charge in [-0.05, 0) is 66.7 Å². The van der Waals surface area contributed by atoms with Gasteiger partial charge in [-0.3, -0.25) is 0 Å². The van der Waals surface area contributed by atoms with Crippen LogP contribution >= 0.6 is 15.9 Å². The standard InChI is InChI=1S/C30H19BrN2O2/c31-20-17-21(32-23-9-1-5-13-27(23)34-28-14-6-2-10-24(28)32)19-22(18-20)33-25-11-3-7-15-29(25)35-30-16-8-4-12-26(30)33/h1-19H. The van der Waals surface area contributed by atoms with Crippen molar-refractivity contribution < 1.29 is 9.47 Å². The summed E-state index contributed by atoms with van der Waals surface area (Å²) in [6.07, 6.45) is 0. The van der Waals surface area contributed by atoms with Gasteiger partial charge in [0.05, 0.1) is 22.7 Å². The van der Waals surface area contributed by atoms with E-state index >= 15 is 0 Å². The molecule has 2 heterocycles. The molecule has 5 aromatic carbocycles. The second-order valence-electron chi connectivity index (χ2n) is 8.41.